The van der Waals surface area contributed by atoms with Crippen molar-refractivity contribution >= 4 is 40.9 Å². The van der Waals surface area contributed by atoms with E-state index in [0.717, 1.165) is 25.1 Å². The van der Waals surface area contributed by atoms with Crippen LogP contribution in [0.1, 0.15) is 27.7 Å². The number of hydrogen-bond acceptors (Lipinski definition) is 7. The summed E-state index contributed by atoms with van der Waals surface area (Å²) in [4.78, 5) is 36.3. The fourth-order valence-electron chi connectivity index (χ4n) is 3.14. The molecule has 0 aliphatic heterocycles. The molecule has 1 atom stereocenters. The van der Waals surface area contributed by atoms with Gasteiger partial charge in [0.15, 0.2) is 0 Å². The number of carbonyl (C=O) groups is 2. The van der Waals surface area contributed by atoms with Gasteiger partial charge in [-0.05, 0) is 87.7 Å². The van der Waals surface area contributed by atoms with E-state index in [9.17, 15) is 9.59 Å². The van der Waals surface area contributed by atoms with Crippen molar-refractivity contribution in [2.45, 2.75) is 16.8 Å². The highest BCUT2D eigenvalue weighted by atomic mass is 35.5. The molecule has 0 saturated heterocycles. The van der Waals surface area contributed by atoms with E-state index in [1.54, 1.807) is 55.0 Å². The van der Waals surface area contributed by atoms with Crippen LogP contribution in [0.4, 0.5) is 5.69 Å². The first kappa shape index (κ1) is 26.6. The zero-order valence-corrected chi connectivity index (χ0v) is 21.3. The van der Waals surface area contributed by atoms with E-state index in [2.05, 4.69) is 30.8 Å². The summed E-state index contributed by atoms with van der Waals surface area (Å²) in [6, 6.07) is 14.0. The molecule has 3 N–H and O–H groups in total. The number of carbonyl (C=O) groups excluding carboxylic acids is 2. The Balaban J connectivity index is 1.70. The number of anilines is 1. The average Bonchev–Trinajstić information content (AvgIpc) is 2.85. The first-order chi connectivity index (χ1) is 16.9. The van der Waals surface area contributed by atoms with Gasteiger partial charge in [0.2, 0.25) is 5.91 Å². The van der Waals surface area contributed by atoms with Gasteiger partial charge in [-0.1, -0.05) is 23.4 Å². The second kappa shape index (κ2) is 13.8. The Morgan fingerprint density at radius 3 is 2.51 bits per heavy atom. The molecule has 3 aromatic rings. The molecule has 0 radical (unpaired) electrons. The molecule has 0 aliphatic rings. The second-order valence-corrected chi connectivity index (χ2v) is 9.53. The molecule has 2 amide bonds. The van der Waals surface area contributed by atoms with Crippen LogP contribution in [0, 0.1) is 0 Å². The lowest BCUT2D eigenvalue weighted by atomic mass is 10.2. The highest BCUT2D eigenvalue weighted by Crippen LogP contribution is 2.34. The predicted octanol–water partition coefficient (Wildman–Crippen LogP) is 3.83. The van der Waals surface area contributed by atoms with Crippen molar-refractivity contribution in [1.29, 1.82) is 0 Å². The van der Waals surface area contributed by atoms with Crippen LogP contribution in [0.3, 0.4) is 0 Å². The highest BCUT2D eigenvalue weighted by Gasteiger charge is 2.21. The topological polar surface area (TPSA) is 99.3 Å². The van der Waals surface area contributed by atoms with Crippen LogP contribution < -0.4 is 16.0 Å². The standard InChI is InChI=1S/C25H29ClN6O2S/c1-32(2)16-4-12-28-17-22(33)31-24(18-10-14-27-15-11-18)35-25-21(5-3-13-29-25)23(34)30-20-8-6-19(26)7-9-20/h3,5-11,13-15,24,28H,4,12,16-17H2,1-2H3,(H,30,34)(H,31,33). The number of nitrogens with one attached hydrogen (secondary N) is 3. The number of amides is 2. The Morgan fingerprint density at radius 2 is 1.80 bits per heavy atom. The Labute approximate surface area is 214 Å². The summed E-state index contributed by atoms with van der Waals surface area (Å²) in [6.45, 7) is 1.89. The van der Waals surface area contributed by atoms with Crippen LogP contribution in [0.2, 0.25) is 5.02 Å². The third kappa shape index (κ3) is 8.95. The van der Waals surface area contributed by atoms with Gasteiger partial charge < -0.3 is 20.9 Å². The van der Waals surface area contributed by atoms with Gasteiger partial charge in [0, 0.05) is 29.3 Å². The summed E-state index contributed by atoms with van der Waals surface area (Å²) in [5, 5.41) is 9.71. The number of hydrogen-bond donors (Lipinski definition) is 3. The molecule has 3 rings (SSSR count). The van der Waals surface area contributed by atoms with Crippen molar-refractivity contribution in [3.05, 3.63) is 83.3 Å². The van der Waals surface area contributed by atoms with Crippen molar-refractivity contribution in [3.8, 4) is 0 Å². The lowest BCUT2D eigenvalue weighted by Gasteiger charge is -2.20. The quantitative estimate of drug-likeness (QED) is 0.193. The van der Waals surface area contributed by atoms with Gasteiger partial charge in [-0.15, -0.1) is 0 Å². The van der Waals surface area contributed by atoms with Crippen molar-refractivity contribution in [1.82, 2.24) is 25.5 Å². The molecule has 1 aromatic carbocycles. The van der Waals surface area contributed by atoms with E-state index in [4.69, 9.17) is 11.6 Å². The largest absolute Gasteiger partial charge is 0.339 e. The van der Waals surface area contributed by atoms with Crippen LogP contribution in [-0.4, -0.2) is 60.4 Å². The molecule has 35 heavy (non-hydrogen) atoms. The summed E-state index contributed by atoms with van der Waals surface area (Å²) in [5.41, 5.74) is 1.88. The second-order valence-electron chi connectivity index (χ2n) is 8.00. The molecule has 1 unspecified atom stereocenters. The SMILES string of the molecule is CN(C)CCCNCC(=O)NC(Sc1ncccc1C(=O)Nc1ccc(Cl)cc1)c1ccncc1. The van der Waals surface area contributed by atoms with E-state index >= 15 is 0 Å². The summed E-state index contributed by atoms with van der Waals surface area (Å²) >= 11 is 7.23. The number of benzene rings is 1. The van der Waals surface area contributed by atoms with Gasteiger partial charge >= 0.3 is 0 Å². The van der Waals surface area contributed by atoms with Crippen LogP contribution in [0.25, 0.3) is 0 Å². The predicted molar refractivity (Wildman–Crippen MR) is 141 cm³/mol. The van der Waals surface area contributed by atoms with Crippen molar-refractivity contribution in [3.63, 3.8) is 0 Å². The smallest absolute Gasteiger partial charge is 0.258 e. The fraction of sp³-hybridized carbons (Fsp3) is 0.280. The lowest BCUT2D eigenvalue weighted by Crippen LogP contribution is -2.36. The summed E-state index contributed by atoms with van der Waals surface area (Å²) in [5.74, 6) is -0.447. The molecule has 0 spiro atoms. The first-order valence-corrected chi connectivity index (χ1v) is 12.4. The zero-order valence-electron chi connectivity index (χ0n) is 19.7. The van der Waals surface area contributed by atoms with Gasteiger partial charge in [0.1, 0.15) is 10.4 Å². The molecule has 0 fully saturated rings. The minimum atomic E-state index is -0.453. The number of pyridine rings is 2. The van der Waals surface area contributed by atoms with Gasteiger partial charge in [0.25, 0.3) is 5.91 Å². The molecule has 10 heteroatoms. The summed E-state index contributed by atoms with van der Waals surface area (Å²) in [6.07, 6.45) is 5.91. The minimum absolute atomic E-state index is 0.146. The van der Waals surface area contributed by atoms with Crippen LogP contribution in [-0.2, 0) is 4.79 Å². The van der Waals surface area contributed by atoms with Gasteiger partial charge in [-0.2, -0.15) is 0 Å². The molecule has 0 saturated carbocycles. The maximum atomic E-state index is 13.0. The molecule has 184 valence electrons. The Hall–Kier alpha value is -2.98. The molecule has 0 bridgehead atoms. The van der Waals surface area contributed by atoms with E-state index in [0.29, 0.717) is 21.3 Å². The van der Waals surface area contributed by atoms with Crippen molar-refractivity contribution in [2.24, 2.45) is 0 Å². The number of thioether (sulfide) groups is 1. The van der Waals surface area contributed by atoms with E-state index in [1.807, 2.05) is 26.2 Å². The molecular weight excluding hydrogens is 484 g/mol. The Morgan fingerprint density at radius 1 is 1.06 bits per heavy atom. The third-order valence-electron chi connectivity index (χ3n) is 4.89. The Kier molecular flexibility index (Phi) is 10.5. The maximum absolute atomic E-state index is 13.0. The third-order valence-corrected chi connectivity index (χ3v) is 6.32. The highest BCUT2D eigenvalue weighted by molar-refractivity contribution is 7.99. The zero-order chi connectivity index (χ0) is 25.0. The van der Waals surface area contributed by atoms with Crippen LogP contribution >= 0.6 is 23.4 Å². The molecule has 8 nitrogen and oxygen atoms in total. The molecular formula is C25H29ClN6O2S. The fourth-order valence-corrected chi connectivity index (χ4v) is 4.38. The normalized spacial score (nSPS) is 11.8. The van der Waals surface area contributed by atoms with E-state index in [-0.39, 0.29) is 18.4 Å². The minimum Gasteiger partial charge on any atom is -0.339 e. The van der Waals surface area contributed by atoms with E-state index < -0.39 is 5.37 Å². The van der Waals surface area contributed by atoms with Gasteiger partial charge in [-0.25, -0.2) is 4.98 Å². The molecule has 2 heterocycles. The van der Waals surface area contributed by atoms with Crippen LogP contribution in [0.5, 0.6) is 0 Å². The van der Waals surface area contributed by atoms with Crippen LogP contribution in [0.15, 0.2) is 72.1 Å². The number of aromatic nitrogens is 2. The van der Waals surface area contributed by atoms with Gasteiger partial charge in [-0.3, -0.25) is 14.6 Å². The van der Waals surface area contributed by atoms with E-state index in [1.165, 1.54) is 11.8 Å². The van der Waals surface area contributed by atoms with Gasteiger partial charge in [0.05, 0.1) is 12.1 Å². The van der Waals surface area contributed by atoms with Crippen molar-refractivity contribution < 1.29 is 9.59 Å². The monoisotopic (exact) mass is 512 g/mol. The number of nitrogens with zero attached hydrogens (tertiary/aromatic N) is 3. The summed E-state index contributed by atoms with van der Waals surface area (Å²) < 4.78 is 0. The number of rotatable bonds is 12. The first-order valence-electron chi connectivity index (χ1n) is 11.2. The lowest BCUT2D eigenvalue weighted by molar-refractivity contribution is -0.120. The molecule has 0 aliphatic carbocycles. The average molecular weight is 513 g/mol. The number of halogens is 1. The maximum Gasteiger partial charge on any atom is 0.258 e. The van der Waals surface area contributed by atoms with Crippen molar-refractivity contribution in [2.75, 3.05) is 39.0 Å². The summed E-state index contributed by atoms with van der Waals surface area (Å²) in [7, 11) is 4.04. The molecule has 2 aromatic heterocycles. The Bertz CT molecular complexity index is 1100.